The highest BCUT2D eigenvalue weighted by Crippen LogP contribution is 2.58. The topological polar surface area (TPSA) is 195 Å². The van der Waals surface area contributed by atoms with Crippen LogP contribution in [0.15, 0.2) is 65.5 Å². The highest BCUT2D eigenvalue weighted by Gasteiger charge is 2.63. The van der Waals surface area contributed by atoms with Crippen LogP contribution in [0, 0.1) is 35.5 Å². The van der Waals surface area contributed by atoms with Gasteiger partial charge in [0.05, 0.1) is 71.5 Å². The van der Waals surface area contributed by atoms with Crippen LogP contribution < -0.4 is 10.3 Å². The summed E-state index contributed by atoms with van der Waals surface area (Å²) in [4.78, 5) is 73.9. The van der Waals surface area contributed by atoms with Crippen molar-refractivity contribution in [1.82, 2.24) is 9.55 Å². The molecule has 68 heavy (non-hydrogen) atoms. The van der Waals surface area contributed by atoms with Gasteiger partial charge in [0.25, 0.3) is 5.56 Å². The van der Waals surface area contributed by atoms with Crippen molar-refractivity contribution in [2.24, 2.45) is 35.5 Å². The summed E-state index contributed by atoms with van der Waals surface area (Å²) in [6.07, 6.45) is 0.943. The molecule has 4 aliphatic heterocycles. The summed E-state index contributed by atoms with van der Waals surface area (Å²) < 4.78 is 60.9. The van der Waals surface area contributed by atoms with Gasteiger partial charge in [-0.3, -0.25) is 9.59 Å². The number of benzene rings is 2. The van der Waals surface area contributed by atoms with E-state index in [1.54, 1.807) is 51.0 Å². The van der Waals surface area contributed by atoms with E-state index in [1.807, 2.05) is 30.3 Å². The van der Waals surface area contributed by atoms with Gasteiger partial charge in [-0.2, -0.15) is 0 Å². The van der Waals surface area contributed by atoms with Crippen molar-refractivity contribution in [3.05, 3.63) is 93.3 Å². The average Bonchev–Trinajstić information content (AvgIpc) is 4.09. The summed E-state index contributed by atoms with van der Waals surface area (Å²) in [6, 6.07) is 17.6. The predicted octanol–water partition coefficient (Wildman–Crippen LogP) is 4.88. The van der Waals surface area contributed by atoms with Crippen LogP contribution in [0.2, 0.25) is 0 Å². The number of hydrogen-bond donors (Lipinski definition) is 0. The van der Waals surface area contributed by atoms with Crippen molar-refractivity contribution >= 4 is 34.8 Å². The smallest absolute Gasteiger partial charge is 0.355 e. The van der Waals surface area contributed by atoms with E-state index in [0.29, 0.717) is 43.6 Å². The number of methoxy groups -OCH3 is 3. The van der Waals surface area contributed by atoms with Crippen molar-refractivity contribution in [3.63, 3.8) is 0 Å². The van der Waals surface area contributed by atoms with Crippen LogP contribution >= 0.6 is 0 Å². The number of carbonyl (C=O) groups excluding carboxylic acids is 4. The van der Waals surface area contributed by atoms with Gasteiger partial charge in [0.15, 0.2) is 6.61 Å². The first-order valence-corrected chi connectivity index (χ1v) is 23.5. The molecule has 0 N–H and O–H groups in total. The minimum atomic E-state index is -1.90. The third-order valence-electron chi connectivity index (χ3n) is 16.0. The second kappa shape index (κ2) is 17.7. The molecule has 3 aliphatic carbocycles. The maximum Gasteiger partial charge on any atom is 0.355 e. The van der Waals surface area contributed by atoms with Crippen LogP contribution in [0.25, 0.3) is 22.3 Å². The Kier molecular flexibility index (Phi) is 11.6. The zero-order valence-electron chi connectivity index (χ0n) is 38.3. The quantitative estimate of drug-likeness (QED) is 0.128. The minimum absolute atomic E-state index is 0.00653. The Morgan fingerprint density at radius 2 is 1.57 bits per heavy atom. The fourth-order valence-corrected chi connectivity index (χ4v) is 12.9. The van der Waals surface area contributed by atoms with E-state index in [-0.39, 0.29) is 121 Å². The van der Waals surface area contributed by atoms with Crippen molar-refractivity contribution in [1.29, 1.82) is 0 Å². The molecule has 0 bridgehead atoms. The molecule has 2 aromatic heterocycles. The first-order chi connectivity index (χ1) is 33.0. The number of hydrogen-bond acceptors (Lipinski definition) is 16. The van der Waals surface area contributed by atoms with Gasteiger partial charge in [-0.1, -0.05) is 25.1 Å². The maximum atomic E-state index is 14.1. The molecule has 17 nitrogen and oxygen atoms in total. The predicted molar refractivity (Wildman–Crippen MR) is 237 cm³/mol. The molecule has 0 spiro atoms. The molecular formula is C51H54N2O15. The summed E-state index contributed by atoms with van der Waals surface area (Å²) in [6.45, 7) is 1.46. The molecule has 3 saturated carbocycles. The lowest BCUT2D eigenvalue weighted by Gasteiger charge is -2.55. The van der Waals surface area contributed by atoms with Crippen molar-refractivity contribution in [2.45, 2.75) is 94.4 Å². The number of cyclic esters (lactones) is 2. The van der Waals surface area contributed by atoms with Crippen LogP contribution in [-0.2, 0) is 75.8 Å². The van der Waals surface area contributed by atoms with Gasteiger partial charge in [-0.05, 0) is 92.3 Å². The molecule has 2 saturated heterocycles. The molecule has 11 atom stereocenters. The lowest BCUT2D eigenvalue weighted by Crippen LogP contribution is -2.59. The van der Waals surface area contributed by atoms with E-state index >= 15 is 0 Å². The number of para-hydroxylation sites is 1. The maximum absolute atomic E-state index is 14.1. The van der Waals surface area contributed by atoms with Gasteiger partial charge in [0.1, 0.15) is 31.4 Å². The van der Waals surface area contributed by atoms with E-state index in [1.165, 1.54) is 12.1 Å². The van der Waals surface area contributed by atoms with Crippen LogP contribution in [0.4, 0.5) is 0 Å². The van der Waals surface area contributed by atoms with Gasteiger partial charge in [0, 0.05) is 49.7 Å². The molecule has 6 heterocycles. The summed E-state index contributed by atoms with van der Waals surface area (Å²) in [5.41, 5.74) is 1.26. The molecule has 358 valence electrons. The number of esters is 4. The van der Waals surface area contributed by atoms with Gasteiger partial charge in [0.2, 0.25) is 5.60 Å². The van der Waals surface area contributed by atoms with Crippen molar-refractivity contribution in [2.75, 3.05) is 41.3 Å². The van der Waals surface area contributed by atoms with Crippen LogP contribution in [0.3, 0.4) is 0 Å². The normalized spacial score (nSPS) is 33.2. The number of pyridine rings is 2. The number of carbonyl (C=O) groups is 4. The number of fused-ring (bicyclic) bond motifs is 8. The minimum Gasteiger partial charge on any atom is -0.482 e. The number of ether oxygens (including phenoxy) is 10. The highest BCUT2D eigenvalue weighted by molar-refractivity contribution is 5.90. The van der Waals surface area contributed by atoms with E-state index < -0.39 is 42.1 Å². The second-order valence-electron chi connectivity index (χ2n) is 19.1. The lowest BCUT2D eigenvalue weighted by atomic mass is 9.52. The van der Waals surface area contributed by atoms with Crippen molar-refractivity contribution in [3.8, 4) is 17.1 Å². The van der Waals surface area contributed by atoms with E-state index in [4.69, 9.17) is 52.4 Å². The number of nitrogens with zero attached hydrogens (tertiary/aromatic N) is 2. The fourth-order valence-electron chi connectivity index (χ4n) is 12.9. The molecule has 0 radical (unpaired) electrons. The SMILES string of the molecule is CC[C@@]1(OC(=O)COc2ccc(C(=O)O[C@H]3C4CC5OCOC5CC4[C@@H](C4CC(OC)C(OC)C(OC)C4)C4C(=O)OCC43)cc2)C(=O)OCc2c1cc1n(c2=O)Cc2cc3ccccc3nc2-1. The third-order valence-corrected chi connectivity index (χ3v) is 16.0. The van der Waals surface area contributed by atoms with Gasteiger partial charge in [-0.15, -0.1) is 0 Å². The zero-order chi connectivity index (χ0) is 47.0. The fraction of sp³-hybridized carbons (Fsp3) is 0.529. The van der Waals surface area contributed by atoms with E-state index in [0.717, 1.165) is 16.5 Å². The third kappa shape index (κ3) is 7.31. The molecule has 2 aromatic carbocycles. The van der Waals surface area contributed by atoms with Crippen LogP contribution in [0.1, 0.15) is 66.1 Å². The number of aromatic nitrogens is 2. The first kappa shape index (κ1) is 44.8. The molecular weight excluding hydrogens is 881 g/mol. The molecule has 0 amide bonds. The Hall–Kier alpha value is -5.72. The van der Waals surface area contributed by atoms with Gasteiger partial charge >= 0.3 is 23.9 Å². The molecule has 8 unspecified atom stereocenters. The lowest BCUT2D eigenvalue weighted by molar-refractivity contribution is -0.190. The molecule has 7 aliphatic rings. The highest BCUT2D eigenvalue weighted by atomic mass is 16.7. The Bertz CT molecular complexity index is 2710. The Morgan fingerprint density at radius 1 is 0.838 bits per heavy atom. The van der Waals surface area contributed by atoms with Crippen LogP contribution in [-0.4, -0.2) is 111 Å². The van der Waals surface area contributed by atoms with Gasteiger partial charge < -0.3 is 51.9 Å². The molecule has 17 heteroatoms. The monoisotopic (exact) mass is 934 g/mol. The van der Waals surface area contributed by atoms with E-state index in [2.05, 4.69) is 0 Å². The largest absolute Gasteiger partial charge is 0.482 e. The Morgan fingerprint density at radius 3 is 2.29 bits per heavy atom. The summed E-state index contributed by atoms with van der Waals surface area (Å²) in [5.74, 6) is -3.37. The number of rotatable bonds is 11. The summed E-state index contributed by atoms with van der Waals surface area (Å²) in [5, 5.41) is 0.942. The average molecular weight is 935 g/mol. The van der Waals surface area contributed by atoms with Gasteiger partial charge in [-0.25, -0.2) is 19.4 Å². The van der Waals surface area contributed by atoms with E-state index in [9.17, 15) is 24.0 Å². The first-order valence-electron chi connectivity index (χ1n) is 23.5. The van der Waals surface area contributed by atoms with Crippen molar-refractivity contribution < 1.29 is 66.5 Å². The zero-order valence-corrected chi connectivity index (χ0v) is 38.3. The molecule has 5 fully saturated rings. The Balaban J connectivity index is 0.792. The van der Waals surface area contributed by atoms with Crippen LogP contribution in [0.5, 0.6) is 5.75 Å². The second-order valence-corrected chi connectivity index (χ2v) is 19.1. The standard InChI is InChI=1S/C51H54N2O15/c1-5-51(34-19-36-44-28(14-26-8-6-7-9-35(26)52-44)20-53(36)47(55)32(34)21-64-50(51)58)68-41(54)23-62-29-12-10-25(11-13-29)48(56)67-45-31-18-38-37(65-24-66-38)17-30(31)42(43-33(45)22-63-49(43)57)27-15-39(59-2)46(61-4)40(16-27)60-3/h6-14,19,27,30-31,33,37-40,42-43,45-46H,5,15-18,20-24H2,1-4H3/t27?,30?,31?,33?,37?,38?,39?,40?,42-,43?,45+,46?,51+/m1/s1. The Labute approximate surface area is 391 Å². The molecule has 11 rings (SSSR count). The summed E-state index contributed by atoms with van der Waals surface area (Å²) in [7, 11) is 5.00. The molecule has 4 aromatic rings. The summed E-state index contributed by atoms with van der Waals surface area (Å²) >= 11 is 0.